The summed E-state index contributed by atoms with van der Waals surface area (Å²) < 4.78 is 52.6. The van der Waals surface area contributed by atoms with Gasteiger partial charge in [0.05, 0.1) is 13.7 Å². The van der Waals surface area contributed by atoms with Crippen LogP contribution in [0.2, 0.25) is 0 Å². The second kappa shape index (κ2) is 9.98. The van der Waals surface area contributed by atoms with Crippen molar-refractivity contribution in [1.82, 2.24) is 5.32 Å². The number of hydrogen-bond donors (Lipinski definition) is 1. The van der Waals surface area contributed by atoms with Crippen LogP contribution in [0.5, 0.6) is 11.5 Å². The molecule has 0 atom stereocenters. The summed E-state index contributed by atoms with van der Waals surface area (Å²) >= 11 is 0. The maximum absolute atomic E-state index is 12.9. The Kier molecular flexibility index (Phi) is 7.68. The van der Waals surface area contributed by atoms with E-state index in [1.165, 1.54) is 31.4 Å². The quantitative estimate of drug-likeness (QED) is 0.280. The van der Waals surface area contributed by atoms with Gasteiger partial charge < -0.3 is 14.5 Å². The molecule has 0 spiro atoms. The Morgan fingerprint density at radius 3 is 1.78 bits per heavy atom. The van der Waals surface area contributed by atoms with E-state index in [0.29, 0.717) is 0 Å². The molecular formula is C16H16F2NO7P. The van der Waals surface area contributed by atoms with Crippen molar-refractivity contribution in [1.29, 1.82) is 0 Å². The first kappa shape index (κ1) is 20.8. The van der Waals surface area contributed by atoms with E-state index in [1.807, 2.05) is 0 Å². The molecule has 2 aromatic carbocycles. The Morgan fingerprint density at radius 2 is 1.37 bits per heavy atom. The zero-order valence-electron chi connectivity index (χ0n) is 14.1. The fraction of sp³-hybridized carbons (Fsp3) is 0.188. The molecule has 0 fully saturated rings. The van der Waals surface area contributed by atoms with Crippen molar-refractivity contribution in [2.45, 2.75) is 0 Å². The number of carbonyl (C=O) groups excluding carboxylic acids is 1. The number of nitrogens with one attached hydrogen (secondary N) is 1. The van der Waals surface area contributed by atoms with Crippen LogP contribution >= 0.6 is 7.60 Å². The molecule has 0 unspecified atom stereocenters. The summed E-state index contributed by atoms with van der Waals surface area (Å²) in [6.07, 6.45) is -0.482. The maximum Gasteiger partial charge on any atom is 0.418 e. The van der Waals surface area contributed by atoms with Gasteiger partial charge in [0, 0.05) is 0 Å². The number of ether oxygens (including phenoxy) is 1. The molecule has 0 radical (unpaired) electrons. The Bertz CT molecular complexity index is 733. The summed E-state index contributed by atoms with van der Waals surface area (Å²) in [6.45, 7) is -0.277. The van der Waals surface area contributed by atoms with Gasteiger partial charge in [0.2, 0.25) is 0 Å². The highest BCUT2D eigenvalue weighted by atomic mass is 31.2. The first-order chi connectivity index (χ1) is 12.9. The fourth-order valence-corrected chi connectivity index (χ4v) is 2.53. The third kappa shape index (κ3) is 7.32. The first-order valence-electron chi connectivity index (χ1n) is 7.50. The monoisotopic (exact) mass is 403 g/mol. The Labute approximate surface area is 153 Å². The predicted octanol–water partition coefficient (Wildman–Crippen LogP) is 3.20. The second-order valence-electron chi connectivity index (χ2n) is 5.00. The first-order valence-corrected chi connectivity index (χ1v) is 9.23. The summed E-state index contributed by atoms with van der Waals surface area (Å²) in [4.78, 5) is 20.9. The summed E-state index contributed by atoms with van der Waals surface area (Å²) in [5.74, 6) is -1.51. The summed E-state index contributed by atoms with van der Waals surface area (Å²) in [6, 6.07) is 9.38. The molecule has 0 aliphatic heterocycles. The minimum atomic E-state index is -4.09. The van der Waals surface area contributed by atoms with Gasteiger partial charge in [0.25, 0.3) is 0 Å². The molecule has 2 aromatic rings. The van der Waals surface area contributed by atoms with Crippen LogP contribution in [0.4, 0.5) is 8.78 Å². The van der Waals surface area contributed by atoms with E-state index in [4.69, 9.17) is 19.1 Å². The van der Waals surface area contributed by atoms with Crippen molar-refractivity contribution in [3.8, 4) is 11.5 Å². The number of halogens is 2. The molecule has 11 heteroatoms. The zero-order valence-corrected chi connectivity index (χ0v) is 15.0. The van der Waals surface area contributed by atoms with Gasteiger partial charge >= 0.3 is 13.6 Å². The van der Waals surface area contributed by atoms with Crippen LogP contribution in [0.3, 0.4) is 0 Å². The average Bonchev–Trinajstić information content (AvgIpc) is 2.67. The summed E-state index contributed by atoms with van der Waals surface area (Å²) in [7, 11) is -2.91. The molecule has 0 aliphatic rings. The molecule has 0 aliphatic carbocycles. The van der Waals surface area contributed by atoms with Crippen molar-refractivity contribution in [3.05, 3.63) is 60.2 Å². The molecule has 8 nitrogen and oxygen atoms in total. The number of esters is 1. The van der Waals surface area contributed by atoms with E-state index in [0.717, 1.165) is 24.3 Å². The summed E-state index contributed by atoms with van der Waals surface area (Å²) in [5, 5.41) is 2.50. The number of benzene rings is 2. The molecule has 146 valence electrons. The molecule has 0 amide bonds. The second-order valence-corrected chi connectivity index (χ2v) is 6.83. The minimum absolute atomic E-state index is 0.0509. The van der Waals surface area contributed by atoms with Crippen LogP contribution in [0.15, 0.2) is 48.5 Å². The fourth-order valence-electron chi connectivity index (χ4n) is 1.61. The highest BCUT2D eigenvalue weighted by molar-refractivity contribution is 7.53. The topological polar surface area (TPSA) is 92.3 Å². The van der Waals surface area contributed by atoms with Gasteiger partial charge in [0.15, 0.2) is 11.5 Å². The van der Waals surface area contributed by atoms with Crippen molar-refractivity contribution >= 4 is 13.6 Å². The molecule has 0 bridgehead atoms. The van der Waals surface area contributed by atoms with Crippen LogP contribution in [0, 0.1) is 11.6 Å². The lowest BCUT2D eigenvalue weighted by molar-refractivity contribution is -0.171. The van der Waals surface area contributed by atoms with Gasteiger partial charge in [-0.3, -0.25) is 14.7 Å². The van der Waals surface area contributed by atoms with E-state index in [2.05, 4.69) is 10.1 Å². The van der Waals surface area contributed by atoms with Crippen LogP contribution in [-0.2, 0) is 23.4 Å². The van der Waals surface area contributed by atoms with Gasteiger partial charge in [-0.05, 0) is 48.5 Å². The lowest BCUT2D eigenvalue weighted by atomic mass is 10.3. The molecule has 0 saturated heterocycles. The Balaban J connectivity index is 1.99. The van der Waals surface area contributed by atoms with E-state index in [9.17, 15) is 18.1 Å². The highest BCUT2D eigenvalue weighted by Gasteiger charge is 2.30. The third-order valence-electron chi connectivity index (χ3n) is 2.92. The SMILES string of the molecule is COC(=O)CNCP(=O)(OOc1ccc(F)cc1)OOc1ccc(F)cc1. The molecule has 2 rings (SSSR count). The van der Waals surface area contributed by atoms with Gasteiger partial charge in [0.1, 0.15) is 17.9 Å². The zero-order chi connectivity index (χ0) is 19.7. The van der Waals surface area contributed by atoms with E-state index < -0.39 is 31.5 Å². The molecule has 1 N–H and O–H groups in total. The number of carbonyl (C=O) groups is 1. The van der Waals surface area contributed by atoms with Crippen LogP contribution in [0.1, 0.15) is 0 Å². The van der Waals surface area contributed by atoms with Crippen molar-refractivity contribution in [3.63, 3.8) is 0 Å². The molecule has 0 heterocycles. The number of hydrogen-bond acceptors (Lipinski definition) is 8. The Hall–Kier alpha value is -2.52. The molecule has 27 heavy (non-hydrogen) atoms. The lowest BCUT2D eigenvalue weighted by Gasteiger charge is -2.16. The molecular weight excluding hydrogens is 387 g/mol. The highest BCUT2D eigenvalue weighted by Crippen LogP contribution is 2.47. The molecule has 0 saturated carbocycles. The van der Waals surface area contributed by atoms with Gasteiger partial charge in [-0.15, -0.1) is 0 Å². The van der Waals surface area contributed by atoms with Crippen molar-refractivity contribution in [2.24, 2.45) is 0 Å². The number of rotatable bonds is 10. The Morgan fingerprint density at radius 1 is 0.926 bits per heavy atom. The van der Waals surface area contributed by atoms with E-state index in [1.54, 1.807) is 0 Å². The van der Waals surface area contributed by atoms with Crippen molar-refractivity contribution in [2.75, 3.05) is 19.9 Å². The van der Waals surface area contributed by atoms with Gasteiger partial charge in [-0.1, -0.05) is 9.35 Å². The lowest BCUT2D eigenvalue weighted by Crippen LogP contribution is -2.26. The summed E-state index contributed by atoms with van der Waals surface area (Å²) in [5.41, 5.74) is 0. The van der Waals surface area contributed by atoms with Crippen LogP contribution in [0.25, 0.3) is 0 Å². The largest absolute Gasteiger partial charge is 0.468 e. The normalized spacial score (nSPS) is 11.1. The maximum atomic E-state index is 12.9. The van der Waals surface area contributed by atoms with Gasteiger partial charge in [-0.25, -0.2) is 8.78 Å². The molecule has 0 aromatic heterocycles. The van der Waals surface area contributed by atoms with Gasteiger partial charge in [-0.2, -0.15) is 0 Å². The third-order valence-corrected chi connectivity index (χ3v) is 4.14. The van der Waals surface area contributed by atoms with Crippen LogP contribution in [-0.4, -0.2) is 25.9 Å². The van der Waals surface area contributed by atoms with Crippen LogP contribution < -0.4 is 15.1 Å². The van der Waals surface area contributed by atoms with E-state index >= 15 is 0 Å². The average molecular weight is 403 g/mol. The minimum Gasteiger partial charge on any atom is -0.468 e. The smallest absolute Gasteiger partial charge is 0.418 e. The standard InChI is InChI=1S/C16H16F2NO7P/c1-22-16(20)10-19-11-27(21,25-23-14-6-2-12(17)3-7-14)26-24-15-8-4-13(18)5-9-15/h2-9,19H,10-11H2,1H3. The van der Waals surface area contributed by atoms with Crippen molar-refractivity contribution < 1.29 is 42.0 Å². The number of methoxy groups -OCH3 is 1. The predicted molar refractivity (Wildman–Crippen MR) is 88.7 cm³/mol. The van der Waals surface area contributed by atoms with E-state index in [-0.39, 0.29) is 18.0 Å².